The first-order valence-corrected chi connectivity index (χ1v) is 7.88. The third-order valence-electron chi connectivity index (χ3n) is 3.66. The van der Waals surface area contributed by atoms with Crippen LogP contribution in [0.2, 0.25) is 0 Å². The molecule has 0 bridgehead atoms. The predicted molar refractivity (Wildman–Crippen MR) is 83.1 cm³/mol. The highest BCUT2D eigenvalue weighted by Gasteiger charge is 2.41. The Bertz CT molecular complexity index is 643. The van der Waals surface area contributed by atoms with E-state index in [0.29, 0.717) is 29.6 Å². The maximum atomic E-state index is 12.2. The Morgan fingerprint density at radius 3 is 2.87 bits per heavy atom. The minimum absolute atomic E-state index is 0.0509. The largest absolute Gasteiger partial charge is 0.494 e. The van der Waals surface area contributed by atoms with Gasteiger partial charge in [0, 0.05) is 31.4 Å². The molecular formula is C13H17N5O4S. The number of carbonyl (C=O) groups is 2. The molecule has 23 heavy (non-hydrogen) atoms. The smallest absolute Gasteiger partial charge is 0.412 e. The number of fused-ring (bicyclic) bond motifs is 1. The number of thioether (sulfide) groups is 1. The minimum atomic E-state index is -0.921. The molecule has 124 valence electrons. The summed E-state index contributed by atoms with van der Waals surface area (Å²) in [5, 5.41) is 0.513. The molecule has 2 atom stereocenters. The number of anilines is 1. The molecule has 1 saturated heterocycles. The fourth-order valence-corrected chi connectivity index (χ4v) is 3.62. The molecule has 2 aliphatic rings. The van der Waals surface area contributed by atoms with E-state index in [0.717, 1.165) is 18.2 Å². The Labute approximate surface area is 136 Å². The Hall–Kier alpha value is -2.20. The average Bonchev–Trinajstić information content (AvgIpc) is 3.09. The molecule has 2 unspecified atom stereocenters. The minimum Gasteiger partial charge on any atom is -0.494 e. The van der Waals surface area contributed by atoms with Crippen molar-refractivity contribution in [2.75, 3.05) is 25.1 Å². The number of likely N-dealkylation sites (tertiary alicyclic amines) is 1. The van der Waals surface area contributed by atoms with Crippen LogP contribution < -0.4 is 21.1 Å². The van der Waals surface area contributed by atoms with Gasteiger partial charge in [0.15, 0.2) is 0 Å². The van der Waals surface area contributed by atoms with Crippen LogP contribution in [0.3, 0.4) is 0 Å². The molecule has 10 heteroatoms. The van der Waals surface area contributed by atoms with Crippen molar-refractivity contribution in [1.29, 1.82) is 0 Å². The molecule has 0 saturated carbocycles. The number of hydrogen-bond donors (Lipinski definition) is 2. The number of nitrogens with zero attached hydrogens (tertiary/aromatic N) is 3. The van der Waals surface area contributed by atoms with Gasteiger partial charge in [-0.05, 0) is 18.2 Å². The highest BCUT2D eigenvalue weighted by atomic mass is 32.2. The van der Waals surface area contributed by atoms with E-state index in [1.165, 1.54) is 16.9 Å². The van der Waals surface area contributed by atoms with Crippen molar-refractivity contribution < 1.29 is 19.1 Å². The lowest BCUT2D eigenvalue weighted by molar-refractivity contribution is 0.102. The number of carbonyl (C=O) groups excluding carboxylic acids is 2. The third-order valence-corrected chi connectivity index (χ3v) is 4.69. The standard InChI is InChI=1S/C13H17N5O4S/c1-21-8-2-4-16-10-9(8)18(11(15)19)13(23-10)22-12(20)17-5-3-7(14)6-17/h2,4,7,13H,3,5-6,14H2,1H3,(H2,15,19). The summed E-state index contributed by atoms with van der Waals surface area (Å²) >= 11 is 1.12. The fraction of sp³-hybridized carbons (Fsp3) is 0.462. The van der Waals surface area contributed by atoms with E-state index in [1.54, 1.807) is 12.3 Å². The lowest BCUT2D eigenvalue weighted by Gasteiger charge is -2.25. The number of amides is 3. The predicted octanol–water partition coefficient (Wildman–Crippen LogP) is 0.534. The first kappa shape index (κ1) is 15.7. The molecule has 1 aromatic rings. The molecule has 1 aromatic heterocycles. The summed E-state index contributed by atoms with van der Waals surface area (Å²) in [5.41, 5.74) is 10.7. The summed E-state index contributed by atoms with van der Waals surface area (Å²) in [6, 6.07) is 0.808. The monoisotopic (exact) mass is 339 g/mol. The third kappa shape index (κ3) is 2.86. The van der Waals surface area contributed by atoms with Gasteiger partial charge in [-0.2, -0.15) is 0 Å². The maximum Gasteiger partial charge on any atom is 0.412 e. The van der Waals surface area contributed by atoms with E-state index in [1.807, 2.05) is 0 Å². The zero-order valence-corrected chi connectivity index (χ0v) is 13.3. The lowest BCUT2D eigenvalue weighted by Crippen LogP contribution is -2.44. The van der Waals surface area contributed by atoms with Crippen molar-refractivity contribution in [3.05, 3.63) is 12.3 Å². The Morgan fingerprint density at radius 1 is 1.48 bits per heavy atom. The average molecular weight is 339 g/mol. The first-order valence-electron chi connectivity index (χ1n) is 7.00. The van der Waals surface area contributed by atoms with Gasteiger partial charge in [-0.3, -0.25) is 0 Å². The molecule has 4 N–H and O–H groups in total. The molecule has 0 spiro atoms. The van der Waals surface area contributed by atoms with Gasteiger partial charge >= 0.3 is 12.1 Å². The van der Waals surface area contributed by atoms with Crippen LogP contribution in [0.15, 0.2) is 17.3 Å². The number of primary amides is 1. The summed E-state index contributed by atoms with van der Waals surface area (Å²) in [6.45, 7) is 0.962. The molecule has 0 aromatic carbocycles. The van der Waals surface area contributed by atoms with Gasteiger partial charge in [0.2, 0.25) is 5.56 Å². The van der Waals surface area contributed by atoms with E-state index in [4.69, 9.17) is 20.9 Å². The van der Waals surface area contributed by atoms with Crippen molar-refractivity contribution in [3.63, 3.8) is 0 Å². The summed E-state index contributed by atoms with van der Waals surface area (Å²) < 4.78 is 10.7. The fourth-order valence-electron chi connectivity index (χ4n) is 2.55. The Balaban J connectivity index is 1.81. The SMILES string of the molecule is COc1ccnc2c1N(C(N)=O)C(OC(=O)N1CCC(N)C1)S2. The number of nitrogens with two attached hydrogens (primary N) is 2. The van der Waals surface area contributed by atoms with Crippen LogP contribution in [-0.2, 0) is 4.74 Å². The number of ether oxygens (including phenoxy) is 2. The van der Waals surface area contributed by atoms with Crippen molar-refractivity contribution in [3.8, 4) is 5.75 Å². The van der Waals surface area contributed by atoms with Crippen LogP contribution in [0, 0.1) is 0 Å². The molecule has 0 aliphatic carbocycles. The number of methoxy groups -OCH3 is 1. The van der Waals surface area contributed by atoms with E-state index in [9.17, 15) is 9.59 Å². The molecule has 3 amide bonds. The van der Waals surface area contributed by atoms with Gasteiger partial charge in [0.1, 0.15) is 16.5 Å². The second-order valence-electron chi connectivity index (χ2n) is 5.18. The van der Waals surface area contributed by atoms with Crippen molar-refractivity contribution >= 4 is 29.6 Å². The molecular weight excluding hydrogens is 322 g/mol. The number of rotatable bonds is 2. The van der Waals surface area contributed by atoms with Crippen molar-refractivity contribution in [1.82, 2.24) is 9.88 Å². The van der Waals surface area contributed by atoms with Crippen molar-refractivity contribution in [2.45, 2.75) is 23.0 Å². The highest BCUT2D eigenvalue weighted by Crippen LogP contribution is 2.47. The van der Waals surface area contributed by atoms with Gasteiger partial charge in [0.25, 0.3) is 0 Å². The maximum absolute atomic E-state index is 12.2. The normalized spacial score (nSPS) is 22.9. The summed E-state index contributed by atoms with van der Waals surface area (Å²) in [7, 11) is 1.48. The van der Waals surface area contributed by atoms with Crippen LogP contribution in [-0.4, -0.2) is 53.8 Å². The second kappa shape index (κ2) is 6.13. The number of urea groups is 1. The summed E-state index contributed by atoms with van der Waals surface area (Å²) in [5.74, 6) is 0.433. The van der Waals surface area contributed by atoms with E-state index < -0.39 is 17.7 Å². The number of aromatic nitrogens is 1. The molecule has 3 heterocycles. The van der Waals surface area contributed by atoms with Gasteiger partial charge in [-0.25, -0.2) is 19.5 Å². The van der Waals surface area contributed by atoms with E-state index >= 15 is 0 Å². The Morgan fingerprint density at radius 2 is 2.26 bits per heavy atom. The van der Waals surface area contributed by atoms with Gasteiger partial charge in [0.05, 0.1) is 7.11 Å². The quantitative estimate of drug-likeness (QED) is 0.805. The van der Waals surface area contributed by atoms with Crippen LogP contribution in [0.25, 0.3) is 0 Å². The number of hydrogen-bond acceptors (Lipinski definition) is 7. The molecule has 9 nitrogen and oxygen atoms in total. The first-order chi connectivity index (χ1) is 11.0. The Kier molecular flexibility index (Phi) is 4.18. The zero-order chi connectivity index (χ0) is 16.6. The van der Waals surface area contributed by atoms with Crippen LogP contribution in [0.1, 0.15) is 6.42 Å². The van der Waals surface area contributed by atoms with Crippen molar-refractivity contribution in [2.24, 2.45) is 11.5 Å². The topological polar surface area (TPSA) is 124 Å². The van der Waals surface area contributed by atoms with E-state index in [-0.39, 0.29) is 6.04 Å². The highest BCUT2D eigenvalue weighted by molar-refractivity contribution is 8.00. The number of pyridine rings is 1. The van der Waals surface area contributed by atoms with Gasteiger partial charge < -0.3 is 25.8 Å². The zero-order valence-electron chi connectivity index (χ0n) is 12.5. The van der Waals surface area contributed by atoms with Crippen LogP contribution >= 0.6 is 11.8 Å². The van der Waals surface area contributed by atoms with Gasteiger partial charge in [-0.1, -0.05) is 0 Å². The molecule has 0 radical (unpaired) electrons. The molecule has 2 aliphatic heterocycles. The van der Waals surface area contributed by atoms with E-state index in [2.05, 4.69) is 4.98 Å². The second-order valence-corrected chi connectivity index (χ2v) is 6.20. The molecule has 3 rings (SSSR count). The lowest BCUT2D eigenvalue weighted by atomic mass is 10.3. The summed E-state index contributed by atoms with van der Waals surface area (Å²) in [6.07, 6.45) is 1.74. The van der Waals surface area contributed by atoms with Gasteiger partial charge in [-0.15, -0.1) is 0 Å². The van der Waals surface area contributed by atoms with Crippen LogP contribution in [0.4, 0.5) is 15.3 Å². The summed E-state index contributed by atoms with van der Waals surface area (Å²) in [4.78, 5) is 30.9. The molecule has 1 fully saturated rings. The van der Waals surface area contributed by atoms with Crippen LogP contribution in [0.5, 0.6) is 5.75 Å².